The zero-order valence-electron chi connectivity index (χ0n) is 16.0. The number of aliphatic hydroxyl groups excluding tert-OH is 1. The molecular weight excluding hydrogens is 328 g/mol. The van der Waals surface area contributed by atoms with Gasteiger partial charge in [0.25, 0.3) is 0 Å². The topological polar surface area (TPSA) is 65.7 Å². The monoisotopic (exact) mass is 354 g/mol. The third kappa shape index (κ3) is 2.59. The van der Waals surface area contributed by atoms with E-state index in [4.69, 9.17) is 0 Å². The second-order valence-electron chi connectivity index (χ2n) is 6.82. The molecule has 3 rings (SSSR count). The van der Waals surface area contributed by atoms with E-state index in [0.717, 1.165) is 35.7 Å². The number of aliphatic hydroxyl groups is 1. The summed E-state index contributed by atoms with van der Waals surface area (Å²) in [5.74, 6) is -0.855. The van der Waals surface area contributed by atoms with Gasteiger partial charge in [-0.15, -0.1) is 0 Å². The summed E-state index contributed by atoms with van der Waals surface area (Å²) < 4.78 is 1.99. The Morgan fingerprint density at radius 2 is 1.77 bits per heavy atom. The fourth-order valence-corrected chi connectivity index (χ4v) is 3.69. The lowest BCUT2D eigenvalue weighted by Crippen LogP contribution is -2.29. The van der Waals surface area contributed by atoms with Gasteiger partial charge < -0.3 is 19.7 Å². The van der Waals surface area contributed by atoms with Crippen LogP contribution in [0.2, 0.25) is 0 Å². The van der Waals surface area contributed by atoms with Crippen LogP contribution in [-0.2, 0) is 11.8 Å². The molecule has 0 fully saturated rings. The van der Waals surface area contributed by atoms with Gasteiger partial charge in [0.15, 0.2) is 5.78 Å². The van der Waals surface area contributed by atoms with Crippen LogP contribution in [0.15, 0.2) is 30.0 Å². The molecule has 138 valence electrons. The van der Waals surface area contributed by atoms with Crippen LogP contribution < -0.4 is 4.90 Å². The number of Topliss-reactive ketones (excluding diaryl/α,β-unsaturated/α-hetero) is 1. The number of nitrogens with zero attached hydrogens (tertiary/aromatic N) is 2. The van der Waals surface area contributed by atoms with Crippen LogP contribution in [0.4, 0.5) is 5.69 Å². The van der Waals surface area contributed by atoms with E-state index in [0.29, 0.717) is 11.1 Å². The molecule has 26 heavy (non-hydrogen) atoms. The number of aromatic hydroxyl groups is 1. The predicted molar refractivity (Wildman–Crippen MR) is 104 cm³/mol. The smallest absolute Gasteiger partial charge is 0.182 e. The van der Waals surface area contributed by atoms with Crippen molar-refractivity contribution < 1.29 is 15.0 Å². The van der Waals surface area contributed by atoms with Gasteiger partial charge in [0, 0.05) is 54.4 Å². The number of hydrogen-bond donors (Lipinski definition) is 2. The number of carbonyl (C=O) groups is 1. The fourth-order valence-electron chi connectivity index (χ4n) is 3.69. The molecule has 0 amide bonds. The first-order valence-electron chi connectivity index (χ1n) is 9.00. The number of phenolic OH excluding ortho intramolecular Hbond substituents is 1. The maximum atomic E-state index is 12.8. The van der Waals surface area contributed by atoms with E-state index in [1.807, 2.05) is 37.6 Å². The number of carbonyl (C=O) groups excluding carboxylic acids is 1. The largest absolute Gasteiger partial charge is 0.510 e. The first-order valence-corrected chi connectivity index (χ1v) is 9.00. The van der Waals surface area contributed by atoms with E-state index >= 15 is 0 Å². The molecule has 1 aromatic carbocycles. The van der Waals surface area contributed by atoms with Gasteiger partial charge in [-0.25, -0.2) is 0 Å². The van der Waals surface area contributed by atoms with Crippen LogP contribution in [0.3, 0.4) is 0 Å². The van der Waals surface area contributed by atoms with Gasteiger partial charge >= 0.3 is 0 Å². The quantitative estimate of drug-likeness (QED) is 0.856. The number of benzene rings is 1. The molecule has 0 saturated heterocycles. The highest BCUT2D eigenvalue weighted by Gasteiger charge is 2.43. The van der Waals surface area contributed by atoms with Crippen molar-refractivity contribution in [2.45, 2.75) is 33.6 Å². The lowest BCUT2D eigenvalue weighted by Gasteiger charge is -2.29. The Bertz CT molecular complexity index is 904. The molecule has 2 N–H and O–H groups in total. The Morgan fingerprint density at radius 3 is 2.23 bits per heavy atom. The van der Waals surface area contributed by atoms with Crippen LogP contribution >= 0.6 is 0 Å². The van der Waals surface area contributed by atoms with Crippen molar-refractivity contribution in [1.82, 2.24) is 4.57 Å². The van der Waals surface area contributed by atoms with Crippen molar-refractivity contribution in [3.8, 4) is 5.75 Å². The highest BCUT2D eigenvalue weighted by Crippen LogP contribution is 2.47. The van der Waals surface area contributed by atoms with E-state index < -0.39 is 5.92 Å². The average molecular weight is 354 g/mol. The zero-order chi connectivity index (χ0) is 19.2. The minimum atomic E-state index is -0.782. The van der Waals surface area contributed by atoms with Gasteiger partial charge in [0.2, 0.25) is 0 Å². The third-order valence-corrected chi connectivity index (χ3v) is 5.54. The summed E-state index contributed by atoms with van der Waals surface area (Å²) >= 11 is 0. The Kier molecular flexibility index (Phi) is 4.57. The van der Waals surface area contributed by atoms with Crippen LogP contribution in [-0.4, -0.2) is 33.7 Å². The Morgan fingerprint density at radius 1 is 1.12 bits per heavy atom. The van der Waals surface area contributed by atoms with Gasteiger partial charge in [-0.3, -0.25) is 4.79 Å². The van der Waals surface area contributed by atoms with E-state index in [1.165, 1.54) is 0 Å². The molecule has 1 heterocycles. The van der Waals surface area contributed by atoms with Gasteiger partial charge in [-0.05, 0) is 39.8 Å². The normalized spacial score (nSPS) is 16.8. The lowest BCUT2D eigenvalue weighted by atomic mass is 9.74. The van der Waals surface area contributed by atoms with Gasteiger partial charge in [0.05, 0.1) is 5.57 Å². The molecule has 0 radical (unpaired) electrons. The molecule has 0 aliphatic heterocycles. The molecule has 1 aromatic heterocycles. The Balaban J connectivity index is 1.98. The first kappa shape index (κ1) is 18.1. The van der Waals surface area contributed by atoms with Crippen molar-refractivity contribution >= 4 is 17.0 Å². The second kappa shape index (κ2) is 6.56. The average Bonchev–Trinajstić information content (AvgIpc) is 2.85. The number of rotatable bonds is 5. The molecule has 5 nitrogen and oxygen atoms in total. The third-order valence-electron chi connectivity index (χ3n) is 5.54. The highest BCUT2D eigenvalue weighted by atomic mass is 16.3. The number of ketones is 1. The minimum absolute atomic E-state index is 0.0367. The molecule has 1 aliphatic carbocycles. The van der Waals surface area contributed by atoms with Gasteiger partial charge in [0.1, 0.15) is 17.4 Å². The summed E-state index contributed by atoms with van der Waals surface area (Å²) in [5.41, 5.74) is 4.46. The molecule has 1 atom stereocenters. The van der Waals surface area contributed by atoms with Crippen molar-refractivity contribution in [3.05, 3.63) is 52.5 Å². The first-order chi connectivity index (χ1) is 12.3. The van der Waals surface area contributed by atoms with Gasteiger partial charge in [-0.2, -0.15) is 0 Å². The SMILES string of the molecule is CCN(CC)c1ccc(C2C(=O)C(c3cc(C)n(C)c3C)=C2O)c(O)c1. The minimum Gasteiger partial charge on any atom is -0.510 e. The summed E-state index contributed by atoms with van der Waals surface area (Å²) in [6.07, 6.45) is 0. The molecule has 1 unspecified atom stereocenters. The second-order valence-corrected chi connectivity index (χ2v) is 6.82. The maximum absolute atomic E-state index is 12.8. The number of aromatic nitrogens is 1. The van der Waals surface area contributed by atoms with Crippen LogP contribution in [0.1, 0.15) is 42.3 Å². The molecule has 0 saturated carbocycles. The summed E-state index contributed by atoms with van der Waals surface area (Å²) in [7, 11) is 1.93. The van der Waals surface area contributed by atoms with Crippen molar-refractivity contribution in [2.24, 2.45) is 7.05 Å². The number of allylic oxidation sites excluding steroid dienone is 2. The molecule has 2 aromatic rings. The Labute approximate surface area is 154 Å². The fraction of sp³-hybridized carbons (Fsp3) is 0.381. The van der Waals surface area contributed by atoms with Crippen LogP contribution in [0.25, 0.3) is 5.57 Å². The molecule has 5 heteroatoms. The Hall–Kier alpha value is -2.69. The van der Waals surface area contributed by atoms with Gasteiger partial charge in [-0.1, -0.05) is 6.07 Å². The number of anilines is 1. The van der Waals surface area contributed by atoms with Crippen molar-refractivity contribution in [2.75, 3.05) is 18.0 Å². The number of aryl methyl sites for hydroxylation is 1. The molecule has 0 spiro atoms. The van der Waals surface area contributed by atoms with Crippen molar-refractivity contribution in [1.29, 1.82) is 0 Å². The van der Waals surface area contributed by atoms with Crippen molar-refractivity contribution in [3.63, 3.8) is 0 Å². The summed E-state index contributed by atoms with van der Waals surface area (Å²) in [6.45, 7) is 9.66. The van der Waals surface area contributed by atoms with Crippen LogP contribution in [0, 0.1) is 13.8 Å². The highest BCUT2D eigenvalue weighted by molar-refractivity contribution is 6.32. The molecule has 1 aliphatic rings. The lowest BCUT2D eigenvalue weighted by molar-refractivity contribution is -0.116. The van der Waals surface area contributed by atoms with Crippen LogP contribution in [0.5, 0.6) is 5.75 Å². The predicted octanol–water partition coefficient (Wildman–Crippen LogP) is 3.83. The number of hydrogen-bond acceptors (Lipinski definition) is 4. The molecule has 0 bridgehead atoms. The van der Waals surface area contributed by atoms with E-state index in [1.54, 1.807) is 12.1 Å². The number of phenols is 1. The zero-order valence-corrected chi connectivity index (χ0v) is 16.0. The van der Waals surface area contributed by atoms with E-state index in [2.05, 4.69) is 18.7 Å². The summed E-state index contributed by atoms with van der Waals surface area (Å²) in [4.78, 5) is 14.9. The summed E-state index contributed by atoms with van der Waals surface area (Å²) in [5, 5.41) is 21.0. The van der Waals surface area contributed by atoms with E-state index in [-0.39, 0.29) is 17.3 Å². The molecular formula is C21H26N2O3. The summed E-state index contributed by atoms with van der Waals surface area (Å²) in [6, 6.07) is 7.21. The standard InChI is InChI=1S/C21H26N2O3/c1-6-23(7-2)14-8-9-15(17(24)11-14)18-20(25)19(21(18)26)16-10-12(3)22(5)13(16)4/h8-11,18,24-25H,6-7H2,1-5H3. The maximum Gasteiger partial charge on any atom is 0.182 e. The van der Waals surface area contributed by atoms with E-state index in [9.17, 15) is 15.0 Å².